The average molecular weight is 360 g/mol. The molecule has 1 N–H and O–H groups in total. The Morgan fingerprint density at radius 1 is 1.40 bits per heavy atom. The number of aryl methyl sites for hydroxylation is 2. The summed E-state index contributed by atoms with van der Waals surface area (Å²) < 4.78 is 0. The lowest BCUT2D eigenvalue weighted by molar-refractivity contribution is 0.0931. The fraction of sp³-hybridized carbons (Fsp3) is 0.529. The van der Waals surface area contributed by atoms with E-state index in [1.807, 2.05) is 19.9 Å². The summed E-state index contributed by atoms with van der Waals surface area (Å²) in [7, 11) is 4.12. The molecular weight excluding hydrogens is 336 g/mol. The van der Waals surface area contributed by atoms with Crippen molar-refractivity contribution >= 4 is 23.1 Å². The van der Waals surface area contributed by atoms with Crippen LogP contribution in [0.15, 0.2) is 18.6 Å². The summed E-state index contributed by atoms with van der Waals surface area (Å²) in [6.07, 6.45) is 3.31. The fourth-order valence-corrected chi connectivity index (χ4v) is 4.15. The van der Waals surface area contributed by atoms with E-state index in [2.05, 4.69) is 44.2 Å². The van der Waals surface area contributed by atoms with Crippen molar-refractivity contribution in [3.05, 3.63) is 34.2 Å². The van der Waals surface area contributed by atoms with Crippen LogP contribution in [0.5, 0.6) is 0 Å². The lowest BCUT2D eigenvalue weighted by atomic mass is 10.0. The van der Waals surface area contributed by atoms with Crippen molar-refractivity contribution in [3.8, 4) is 0 Å². The molecule has 0 aromatic carbocycles. The molecule has 3 heterocycles. The summed E-state index contributed by atoms with van der Waals surface area (Å²) in [5, 5.41) is 4.14. The molecule has 2 atom stereocenters. The van der Waals surface area contributed by atoms with Crippen molar-refractivity contribution in [3.63, 3.8) is 0 Å². The van der Waals surface area contributed by atoms with Crippen molar-refractivity contribution in [1.29, 1.82) is 0 Å². The first-order chi connectivity index (χ1) is 11.9. The third kappa shape index (κ3) is 4.13. The molecule has 8 heteroatoms. The molecule has 1 fully saturated rings. The molecule has 1 aliphatic heterocycles. The van der Waals surface area contributed by atoms with Gasteiger partial charge >= 0.3 is 0 Å². The molecule has 0 spiro atoms. The molecule has 134 valence electrons. The van der Waals surface area contributed by atoms with E-state index in [-0.39, 0.29) is 11.9 Å². The first-order valence-corrected chi connectivity index (χ1v) is 9.16. The van der Waals surface area contributed by atoms with Gasteiger partial charge in [-0.2, -0.15) is 0 Å². The van der Waals surface area contributed by atoms with Gasteiger partial charge < -0.3 is 15.1 Å². The van der Waals surface area contributed by atoms with E-state index >= 15 is 0 Å². The van der Waals surface area contributed by atoms with Gasteiger partial charge in [0.15, 0.2) is 0 Å². The van der Waals surface area contributed by atoms with Gasteiger partial charge in [-0.25, -0.2) is 15.0 Å². The number of anilines is 1. The Bertz CT molecular complexity index is 732. The van der Waals surface area contributed by atoms with Gasteiger partial charge in [0.25, 0.3) is 5.91 Å². The largest absolute Gasteiger partial charge is 0.354 e. The van der Waals surface area contributed by atoms with Crippen LogP contribution in [-0.2, 0) is 0 Å². The van der Waals surface area contributed by atoms with Gasteiger partial charge in [-0.05, 0) is 34.0 Å². The molecule has 2 aromatic heterocycles. The van der Waals surface area contributed by atoms with Crippen molar-refractivity contribution < 1.29 is 4.79 Å². The smallest absolute Gasteiger partial charge is 0.263 e. The van der Waals surface area contributed by atoms with Crippen molar-refractivity contribution in [2.24, 2.45) is 5.92 Å². The quantitative estimate of drug-likeness (QED) is 0.868. The summed E-state index contributed by atoms with van der Waals surface area (Å²) >= 11 is 1.45. The van der Waals surface area contributed by atoms with Crippen LogP contribution >= 0.6 is 11.3 Å². The topological polar surface area (TPSA) is 74.2 Å². The zero-order chi connectivity index (χ0) is 18.0. The third-order valence-electron chi connectivity index (χ3n) is 4.36. The number of aromatic nitrogens is 3. The fourth-order valence-electron chi connectivity index (χ4n) is 3.32. The highest BCUT2D eigenvalue weighted by Gasteiger charge is 2.35. The maximum absolute atomic E-state index is 12.7. The zero-order valence-electron chi connectivity index (χ0n) is 15.1. The first kappa shape index (κ1) is 17.8. The Morgan fingerprint density at radius 2 is 2.20 bits per heavy atom. The number of hydrogen-bond donors (Lipinski definition) is 1. The number of carbonyl (C=O) groups is 1. The van der Waals surface area contributed by atoms with Gasteiger partial charge in [0, 0.05) is 31.7 Å². The number of carbonyl (C=O) groups excluding carboxylic acids is 1. The van der Waals surface area contributed by atoms with Gasteiger partial charge in [0.05, 0.1) is 16.7 Å². The number of nitrogens with one attached hydrogen (secondary N) is 1. The highest BCUT2D eigenvalue weighted by atomic mass is 32.1. The van der Waals surface area contributed by atoms with Crippen LogP contribution < -0.4 is 10.2 Å². The Balaban J connectivity index is 1.75. The molecule has 7 nitrogen and oxygen atoms in total. The van der Waals surface area contributed by atoms with Crippen LogP contribution in [0.1, 0.15) is 20.4 Å². The summed E-state index contributed by atoms with van der Waals surface area (Å²) in [4.78, 5) is 30.5. The highest BCUT2D eigenvalue weighted by Crippen LogP contribution is 2.24. The maximum Gasteiger partial charge on any atom is 0.263 e. The molecule has 1 aliphatic rings. The Kier molecular flexibility index (Phi) is 5.29. The summed E-state index contributed by atoms with van der Waals surface area (Å²) in [5.41, 5.74) is 0.801. The van der Waals surface area contributed by atoms with E-state index < -0.39 is 0 Å². The molecule has 1 saturated heterocycles. The molecular formula is C17H24N6OS. The molecule has 2 aromatic rings. The highest BCUT2D eigenvalue weighted by molar-refractivity contribution is 7.13. The second-order valence-electron chi connectivity index (χ2n) is 6.72. The van der Waals surface area contributed by atoms with Gasteiger partial charge in [0.2, 0.25) is 0 Å². The van der Waals surface area contributed by atoms with Gasteiger partial charge in [-0.15, -0.1) is 11.3 Å². The molecule has 1 amide bonds. The standard InChI is InChI=1S/C17H24N6OS/c1-11-16(25-12(2)20-11)17(24)21-14-9-23(8-13(14)7-22(3)4)15-5-6-18-10-19-15/h5-6,10,13-14H,7-9H2,1-4H3,(H,21,24)/t13-,14-/m1/s1. The molecule has 0 radical (unpaired) electrons. The lowest BCUT2D eigenvalue weighted by Gasteiger charge is -2.22. The minimum Gasteiger partial charge on any atom is -0.354 e. The summed E-state index contributed by atoms with van der Waals surface area (Å²) in [6, 6.07) is 1.99. The van der Waals surface area contributed by atoms with Crippen LogP contribution in [0.25, 0.3) is 0 Å². The predicted octanol–water partition coefficient (Wildman–Crippen LogP) is 1.35. The summed E-state index contributed by atoms with van der Waals surface area (Å²) in [6.45, 7) is 6.33. The SMILES string of the molecule is Cc1nc(C)c(C(=O)N[C@@H]2CN(c3ccncn3)C[C@H]2CN(C)C)s1. The number of thiazole rings is 1. The molecule has 25 heavy (non-hydrogen) atoms. The van der Waals surface area contributed by atoms with E-state index in [0.29, 0.717) is 10.8 Å². The van der Waals surface area contributed by atoms with Crippen LogP contribution in [0.2, 0.25) is 0 Å². The number of amides is 1. The van der Waals surface area contributed by atoms with Crippen molar-refractivity contribution in [2.75, 3.05) is 38.6 Å². The minimum atomic E-state index is -0.0265. The van der Waals surface area contributed by atoms with E-state index in [0.717, 1.165) is 36.2 Å². The molecule has 0 saturated carbocycles. The number of rotatable bonds is 5. The molecule has 0 aliphatic carbocycles. The van der Waals surface area contributed by atoms with Crippen LogP contribution in [0, 0.1) is 19.8 Å². The van der Waals surface area contributed by atoms with E-state index in [1.165, 1.54) is 11.3 Å². The Morgan fingerprint density at radius 3 is 2.80 bits per heavy atom. The first-order valence-electron chi connectivity index (χ1n) is 8.34. The monoisotopic (exact) mass is 360 g/mol. The minimum absolute atomic E-state index is 0.0265. The van der Waals surface area contributed by atoms with Crippen molar-refractivity contribution in [2.45, 2.75) is 19.9 Å². The predicted molar refractivity (Wildman–Crippen MR) is 99.1 cm³/mol. The zero-order valence-corrected chi connectivity index (χ0v) is 15.9. The molecule has 3 rings (SSSR count). The molecule has 0 bridgehead atoms. The number of hydrogen-bond acceptors (Lipinski definition) is 7. The Labute approximate surface area is 152 Å². The van der Waals surface area contributed by atoms with Gasteiger partial charge in [-0.1, -0.05) is 0 Å². The van der Waals surface area contributed by atoms with E-state index in [4.69, 9.17) is 0 Å². The van der Waals surface area contributed by atoms with E-state index in [1.54, 1.807) is 12.5 Å². The van der Waals surface area contributed by atoms with Crippen LogP contribution in [0.4, 0.5) is 5.82 Å². The molecule has 0 unspecified atom stereocenters. The normalized spacial score (nSPS) is 20.3. The Hall–Kier alpha value is -2.06. The van der Waals surface area contributed by atoms with Crippen LogP contribution in [0.3, 0.4) is 0 Å². The lowest BCUT2D eigenvalue weighted by Crippen LogP contribution is -2.43. The van der Waals surface area contributed by atoms with Crippen LogP contribution in [-0.4, -0.2) is 65.5 Å². The second kappa shape index (κ2) is 7.45. The van der Waals surface area contributed by atoms with Gasteiger partial charge in [-0.3, -0.25) is 4.79 Å². The average Bonchev–Trinajstić information content (AvgIpc) is 3.11. The van der Waals surface area contributed by atoms with E-state index in [9.17, 15) is 4.79 Å². The van der Waals surface area contributed by atoms with Gasteiger partial charge in [0.1, 0.15) is 17.0 Å². The maximum atomic E-state index is 12.7. The van der Waals surface area contributed by atoms with Crippen molar-refractivity contribution in [1.82, 2.24) is 25.2 Å². The second-order valence-corrected chi connectivity index (χ2v) is 7.93. The number of nitrogens with zero attached hydrogens (tertiary/aromatic N) is 5. The third-order valence-corrected chi connectivity index (χ3v) is 5.43. The summed E-state index contributed by atoms with van der Waals surface area (Å²) in [5.74, 6) is 1.21.